The molecule has 1 aromatic heterocycles. The van der Waals surface area contributed by atoms with Gasteiger partial charge in [-0.25, -0.2) is 5.43 Å². The van der Waals surface area contributed by atoms with Gasteiger partial charge in [0.05, 0.1) is 12.6 Å². The van der Waals surface area contributed by atoms with Gasteiger partial charge in [0.2, 0.25) is 5.91 Å². The van der Waals surface area contributed by atoms with Gasteiger partial charge < -0.3 is 5.10 Å². The van der Waals surface area contributed by atoms with Crippen molar-refractivity contribution in [2.45, 2.75) is 13.3 Å². The van der Waals surface area contributed by atoms with Crippen LogP contribution in [0.5, 0.6) is 0 Å². The van der Waals surface area contributed by atoms with Crippen molar-refractivity contribution in [2.75, 3.05) is 0 Å². The van der Waals surface area contributed by atoms with Crippen molar-refractivity contribution in [3.05, 3.63) is 56.5 Å². The monoisotopic (exact) mass is 292 g/mol. The molecule has 1 amide bonds. The van der Waals surface area contributed by atoms with Gasteiger partial charge >= 0.3 is 0 Å². The standard InChI is InChI=1S/C13H13ClN4O2/c1-8-11(13(20)18-16-8)6-12(19)17-15-7-9-2-4-10(14)5-3-9/h2-5,7H,6H2,1H3,(H,17,19)(H2,16,18,20). The molecule has 0 bridgehead atoms. The van der Waals surface area contributed by atoms with Gasteiger partial charge in [0, 0.05) is 16.3 Å². The summed E-state index contributed by atoms with van der Waals surface area (Å²) in [5, 5.41) is 9.53. The Balaban J connectivity index is 1.92. The first-order valence-electron chi connectivity index (χ1n) is 5.90. The molecule has 3 N–H and O–H groups in total. The fraction of sp³-hybridized carbons (Fsp3) is 0.154. The molecule has 0 unspecified atom stereocenters. The van der Waals surface area contributed by atoms with Crippen LogP contribution in [0, 0.1) is 6.92 Å². The van der Waals surface area contributed by atoms with Crippen molar-refractivity contribution in [1.82, 2.24) is 15.6 Å². The molecular weight excluding hydrogens is 280 g/mol. The van der Waals surface area contributed by atoms with E-state index in [1.165, 1.54) is 6.21 Å². The van der Waals surface area contributed by atoms with Crippen LogP contribution in [-0.4, -0.2) is 22.3 Å². The van der Waals surface area contributed by atoms with Gasteiger partial charge in [-0.15, -0.1) is 0 Å². The number of carbonyl (C=O) groups is 1. The molecular formula is C13H13ClN4O2. The van der Waals surface area contributed by atoms with Crippen LogP contribution in [0.25, 0.3) is 0 Å². The van der Waals surface area contributed by atoms with Crippen molar-refractivity contribution < 1.29 is 4.79 Å². The van der Waals surface area contributed by atoms with Gasteiger partial charge in [0.1, 0.15) is 0 Å². The van der Waals surface area contributed by atoms with Crippen LogP contribution in [0.4, 0.5) is 0 Å². The van der Waals surface area contributed by atoms with Gasteiger partial charge in [0.15, 0.2) is 0 Å². The van der Waals surface area contributed by atoms with Crippen molar-refractivity contribution in [1.29, 1.82) is 0 Å². The molecule has 0 aliphatic heterocycles. The minimum atomic E-state index is -0.358. The molecule has 2 aromatic rings. The normalized spacial score (nSPS) is 10.9. The Morgan fingerprint density at radius 2 is 2.05 bits per heavy atom. The van der Waals surface area contributed by atoms with E-state index in [9.17, 15) is 9.59 Å². The van der Waals surface area contributed by atoms with Crippen molar-refractivity contribution in [3.63, 3.8) is 0 Å². The van der Waals surface area contributed by atoms with E-state index in [1.54, 1.807) is 31.2 Å². The zero-order chi connectivity index (χ0) is 14.5. The highest BCUT2D eigenvalue weighted by Gasteiger charge is 2.10. The second-order valence-electron chi connectivity index (χ2n) is 4.20. The molecule has 1 heterocycles. The molecule has 0 spiro atoms. The molecule has 20 heavy (non-hydrogen) atoms. The molecule has 104 valence electrons. The highest BCUT2D eigenvalue weighted by Crippen LogP contribution is 2.07. The average molecular weight is 293 g/mol. The van der Waals surface area contributed by atoms with E-state index in [4.69, 9.17) is 11.6 Å². The van der Waals surface area contributed by atoms with Crippen LogP contribution in [0.1, 0.15) is 16.8 Å². The highest BCUT2D eigenvalue weighted by atomic mass is 35.5. The third-order valence-corrected chi connectivity index (χ3v) is 2.95. The first-order chi connectivity index (χ1) is 9.56. The summed E-state index contributed by atoms with van der Waals surface area (Å²) >= 11 is 5.76. The average Bonchev–Trinajstić information content (AvgIpc) is 2.73. The number of halogens is 1. The highest BCUT2D eigenvalue weighted by molar-refractivity contribution is 6.30. The number of rotatable bonds is 4. The number of carbonyl (C=O) groups excluding carboxylic acids is 1. The number of amides is 1. The first-order valence-corrected chi connectivity index (χ1v) is 6.27. The SMILES string of the molecule is Cc1[nH][nH]c(=O)c1CC(=O)NN=Cc1ccc(Cl)cc1. The quantitative estimate of drug-likeness (QED) is 0.586. The number of nitrogens with zero attached hydrogens (tertiary/aromatic N) is 1. The molecule has 2 rings (SSSR count). The lowest BCUT2D eigenvalue weighted by atomic mass is 10.2. The topological polar surface area (TPSA) is 90.1 Å². The van der Waals surface area contributed by atoms with Gasteiger partial charge in [0.25, 0.3) is 5.56 Å². The summed E-state index contributed by atoms with van der Waals surface area (Å²) in [6, 6.07) is 7.01. The Morgan fingerprint density at radius 3 is 2.65 bits per heavy atom. The summed E-state index contributed by atoms with van der Waals surface area (Å²) in [5.74, 6) is -0.358. The van der Waals surface area contributed by atoms with E-state index < -0.39 is 0 Å². The lowest BCUT2D eigenvalue weighted by molar-refractivity contribution is -0.120. The van der Waals surface area contributed by atoms with Crippen molar-refractivity contribution in [3.8, 4) is 0 Å². The third kappa shape index (κ3) is 3.58. The number of hydrogen-bond donors (Lipinski definition) is 3. The second-order valence-corrected chi connectivity index (χ2v) is 4.64. The molecule has 0 atom stereocenters. The summed E-state index contributed by atoms with van der Waals surface area (Å²) in [4.78, 5) is 23.0. The molecule has 0 saturated carbocycles. The van der Waals surface area contributed by atoms with Crippen LogP contribution in [0.15, 0.2) is 34.2 Å². The van der Waals surface area contributed by atoms with Crippen LogP contribution >= 0.6 is 11.6 Å². The molecule has 0 fully saturated rings. The number of aromatic nitrogens is 2. The predicted molar refractivity (Wildman–Crippen MR) is 77.0 cm³/mol. The number of hydrazone groups is 1. The molecule has 1 aromatic carbocycles. The largest absolute Gasteiger partial charge is 0.302 e. The van der Waals surface area contributed by atoms with E-state index in [1.807, 2.05) is 0 Å². The summed E-state index contributed by atoms with van der Waals surface area (Å²) in [6.45, 7) is 1.72. The molecule has 0 saturated heterocycles. The number of benzene rings is 1. The van der Waals surface area contributed by atoms with Crippen LogP contribution in [-0.2, 0) is 11.2 Å². The van der Waals surface area contributed by atoms with E-state index in [-0.39, 0.29) is 17.9 Å². The fourth-order valence-electron chi connectivity index (χ4n) is 1.61. The second kappa shape index (κ2) is 6.21. The maximum atomic E-state index is 11.6. The molecule has 7 heteroatoms. The zero-order valence-electron chi connectivity index (χ0n) is 10.7. The number of nitrogens with one attached hydrogen (secondary N) is 3. The number of aromatic amines is 2. The Hall–Kier alpha value is -2.34. The van der Waals surface area contributed by atoms with Gasteiger partial charge in [-0.2, -0.15) is 5.10 Å². The van der Waals surface area contributed by atoms with E-state index in [0.717, 1.165) is 5.56 Å². The molecule has 0 radical (unpaired) electrons. The Morgan fingerprint density at radius 1 is 1.35 bits per heavy atom. The minimum Gasteiger partial charge on any atom is -0.302 e. The number of aryl methyl sites for hydroxylation is 1. The minimum absolute atomic E-state index is 0.0252. The zero-order valence-corrected chi connectivity index (χ0v) is 11.5. The molecule has 6 nitrogen and oxygen atoms in total. The number of hydrogen-bond acceptors (Lipinski definition) is 3. The van der Waals surface area contributed by atoms with E-state index >= 15 is 0 Å². The summed E-state index contributed by atoms with van der Waals surface area (Å²) < 4.78 is 0. The van der Waals surface area contributed by atoms with Crippen LogP contribution in [0.3, 0.4) is 0 Å². The Labute approximate surface area is 119 Å². The Bertz CT molecular complexity index is 685. The molecule has 0 aliphatic rings. The van der Waals surface area contributed by atoms with Crippen molar-refractivity contribution >= 4 is 23.7 Å². The first kappa shape index (κ1) is 14.1. The maximum Gasteiger partial charge on any atom is 0.267 e. The van der Waals surface area contributed by atoms with Gasteiger partial charge in [-0.05, 0) is 24.6 Å². The Kier molecular flexibility index (Phi) is 4.37. The fourth-order valence-corrected chi connectivity index (χ4v) is 1.74. The van der Waals surface area contributed by atoms with Crippen molar-refractivity contribution in [2.24, 2.45) is 5.10 Å². The summed E-state index contributed by atoms with van der Waals surface area (Å²) in [5.41, 5.74) is 3.94. The van der Waals surface area contributed by atoms with E-state index in [0.29, 0.717) is 16.3 Å². The third-order valence-electron chi connectivity index (χ3n) is 2.70. The predicted octanol–water partition coefficient (Wildman–Crippen LogP) is 1.36. The lowest BCUT2D eigenvalue weighted by Gasteiger charge is -1.98. The van der Waals surface area contributed by atoms with Gasteiger partial charge in [-0.1, -0.05) is 23.7 Å². The summed E-state index contributed by atoms with van der Waals surface area (Å²) in [7, 11) is 0. The smallest absolute Gasteiger partial charge is 0.267 e. The van der Waals surface area contributed by atoms with Crippen LogP contribution < -0.4 is 11.0 Å². The number of H-pyrrole nitrogens is 2. The lowest BCUT2D eigenvalue weighted by Crippen LogP contribution is -2.23. The maximum absolute atomic E-state index is 11.6. The van der Waals surface area contributed by atoms with E-state index in [2.05, 4.69) is 20.7 Å². The van der Waals surface area contributed by atoms with Crippen LogP contribution in [0.2, 0.25) is 5.02 Å². The molecule has 0 aliphatic carbocycles. The summed E-state index contributed by atoms with van der Waals surface area (Å²) in [6.07, 6.45) is 1.48. The van der Waals surface area contributed by atoms with Gasteiger partial charge in [-0.3, -0.25) is 14.7 Å².